The Bertz CT molecular complexity index is 789. The first-order valence-electron chi connectivity index (χ1n) is 7.64. The second kappa shape index (κ2) is 7.06. The van der Waals surface area contributed by atoms with Crippen molar-refractivity contribution in [1.82, 2.24) is 4.31 Å². The standard InChI is InChI=1S/C15H16FNO7S/c16-11-2-1-10(14(18)24-12-3-6-23-15(12)19)9-13(11)25(20,21)17-4-7-22-8-5-17/h1-2,9,12H,3-8H2/t12-/m1/s1. The molecule has 10 heteroatoms. The van der Waals surface area contributed by atoms with Crippen LogP contribution in [0.1, 0.15) is 16.8 Å². The molecule has 3 rings (SSSR count). The molecule has 0 radical (unpaired) electrons. The van der Waals surface area contributed by atoms with Gasteiger partial charge in [-0.25, -0.2) is 22.4 Å². The molecule has 0 bridgehead atoms. The Hall–Kier alpha value is -2.04. The molecule has 2 aliphatic heterocycles. The molecule has 0 unspecified atom stereocenters. The number of halogens is 1. The zero-order chi connectivity index (χ0) is 18.0. The molecule has 1 aromatic carbocycles. The Labute approximate surface area is 143 Å². The summed E-state index contributed by atoms with van der Waals surface area (Å²) in [5, 5.41) is 0. The smallest absolute Gasteiger partial charge is 0.347 e. The highest BCUT2D eigenvalue weighted by Crippen LogP contribution is 2.23. The van der Waals surface area contributed by atoms with Gasteiger partial charge in [0.25, 0.3) is 0 Å². The van der Waals surface area contributed by atoms with Crippen molar-refractivity contribution in [2.75, 3.05) is 32.9 Å². The molecule has 0 N–H and O–H groups in total. The summed E-state index contributed by atoms with van der Waals surface area (Å²) in [6.07, 6.45) is -0.804. The van der Waals surface area contributed by atoms with E-state index in [-0.39, 0.29) is 44.9 Å². The van der Waals surface area contributed by atoms with E-state index < -0.39 is 38.8 Å². The van der Waals surface area contributed by atoms with Crippen LogP contribution >= 0.6 is 0 Å². The maximum atomic E-state index is 14.1. The molecule has 2 heterocycles. The van der Waals surface area contributed by atoms with Gasteiger partial charge in [-0.15, -0.1) is 0 Å². The van der Waals surface area contributed by atoms with E-state index in [9.17, 15) is 22.4 Å². The molecule has 0 amide bonds. The van der Waals surface area contributed by atoms with Crippen LogP contribution in [0.25, 0.3) is 0 Å². The number of ether oxygens (including phenoxy) is 3. The third-order valence-electron chi connectivity index (χ3n) is 3.89. The number of hydrogen-bond donors (Lipinski definition) is 0. The van der Waals surface area contributed by atoms with Crippen molar-refractivity contribution < 1.29 is 36.6 Å². The van der Waals surface area contributed by atoms with Crippen molar-refractivity contribution in [3.05, 3.63) is 29.6 Å². The lowest BCUT2D eigenvalue weighted by Crippen LogP contribution is -2.41. The van der Waals surface area contributed by atoms with Crippen molar-refractivity contribution in [1.29, 1.82) is 0 Å². The Kier molecular flexibility index (Phi) is 5.02. The molecule has 2 saturated heterocycles. The Balaban J connectivity index is 1.84. The lowest BCUT2D eigenvalue weighted by atomic mass is 10.2. The van der Waals surface area contributed by atoms with Crippen LogP contribution < -0.4 is 0 Å². The van der Waals surface area contributed by atoms with Gasteiger partial charge in [0.1, 0.15) is 10.7 Å². The van der Waals surface area contributed by atoms with E-state index in [4.69, 9.17) is 9.47 Å². The number of sulfonamides is 1. The van der Waals surface area contributed by atoms with Crippen LogP contribution in [0.3, 0.4) is 0 Å². The van der Waals surface area contributed by atoms with Crippen LogP contribution in [0.2, 0.25) is 0 Å². The van der Waals surface area contributed by atoms with Crippen LogP contribution in [0.4, 0.5) is 4.39 Å². The summed E-state index contributed by atoms with van der Waals surface area (Å²) in [5.74, 6) is -2.54. The third kappa shape index (κ3) is 3.65. The molecule has 2 fully saturated rings. The van der Waals surface area contributed by atoms with Gasteiger partial charge in [0.05, 0.1) is 25.4 Å². The van der Waals surface area contributed by atoms with E-state index in [0.29, 0.717) is 0 Å². The number of nitrogens with zero attached hydrogens (tertiary/aromatic N) is 1. The highest BCUT2D eigenvalue weighted by Gasteiger charge is 2.32. The minimum absolute atomic E-state index is 0.102. The first-order chi connectivity index (χ1) is 11.9. The van der Waals surface area contributed by atoms with Gasteiger partial charge in [-0.05, 0) is 18.2 Å². The molecule has 8 nitrogen and oxygen atoms in total. The normalized spacial score (nSPS) is 21.8. The van der Waals surface area contributed by atoms with Gasteiger partial charge < -0.3 is 14.2 Å². The van der Waals surface area contributed by atoms with E-state index in [2.05, 4.69) is 4.74 Å². The minimum atomic E-state index is -4.11. The van der Waals surface area contributed by atoms with Crippen molar-refractivity contribution in [2.45, 2.75) is 17.4 Å². The van der Waals surface area contributed by atoms with E-state index in [0.717, 1.165) is 22.5 Å². The zero-order valence-corrected chi connectivity index (χ0v) is 14.0. The molecule has 25 heavy (non-hydrogen) atoms. The largest absolute Gasteiger partial charge is 0.463 e. The van der Waals surface area contributed by atoms with Crippen LogP contribution in [0.5, 0.6) is 0 Å². The molecular formula is C15H16FNO7S. The summed E-state index contributed by atoms with van der Waals surface area (Å²) in [6, 6.07) is 2.91. The number of cyclic esters (lactones) is 1. The Morgan fingerprint density at radius 1 is 1.24 bits per heavy atom. The van der Waals surface area contributed by atoms with Gasteiger partial charge in [-0.1, -0.05) is 0 Å². The van der Waals surface area contributed by atoms with E-state index in [1.165, 1.54) is 0 Å². The molecular weight excluding hydrogens is 357 g/mol. The summed E-state index contributed by atoms with van der Waals surface area (Å²) >= 11 is 0. The maximum absolute atomic E-state index is 14.1. The molecule has 0 saturated carbocycles. The zero-order valence-electron chi connectivity index (χ0n) is 13.1. The van der Waals surface area contributed by atoms with E-state index in [1.807, 2.05) is 0 Å². The Morgan fingerprint density at radius 2 is 1.96 bits per heavy atom. The van der Waals surface area contributed by atoms with Crippen molar-refractivity contribution in [3.8, 4) is 0 Å². The average molecular weight is 373 g/mol. The number of carbonyl (C=O) groups is 2. The Morgan fingerprint density at radius 3 is 2.60 bits per heavy atom. The maximum Gasteiger partial charge on any atom is 0.347 e. The predicted octanol–water partition coefficient (Wildman–Crippen LogP) is 0.319. The highest BCUT2D eigenvalue weighted by atomic mass is 32.2. The second-order valence-electron chi connectivity index (χ2n) is 5.51. The molecule has 0 aliphatic carbocycles. The van der Waals surface area contributed by atoms with Gasteiger partial charge in [-0.2, -0.15) is 4.31 Å². The topological polar surface area (TPSA) is 99.2 Å². The lowest BCUT2D eigenvalue weighted by molar-refractivity contribution is -0.145. The van der Waals surface area contributed by atoms with Crippen LogP contribution in [-0.4, -0.2) is 63.7 Å². The van der Waals surface area contributed by atoms with Gasteiger partial charge in [0.2, 0.25) is 16.1 Å². The van der Waals surface area contributed by atoms with Crippen molar-refractivity contribution >= 4 is 22.0 Å². The minimum Gasteiger partial charge on any atom is -0.463 e. The SMILES string of the molecule is O=C(O[C@@H]1CCOC1=O)c1ccc(F)c(S(=O)(=O)N2CCOCC2)c1. The summed E-state index contributed by atoms with van der Waals surface area (Å²) < 4.78 is 55.1. The fraction of sp³-hybridized carbons (Fsp3) is 0.467. The quantitative estimate of drug-likeness (QED) is 0.701. The number of morpholine rings is 1. The van der Waals surface area contributed by atoms with Crippen LogP contribution in [0.15, 0.2) is 23.1 Å². The molecule has 1 atom stereocenters. The summed E-state index contributed by atoms with van der Waals surface area (Å²) in [7, 11) is -4.11. The number of rotatable bonds is 4. The van der Waals surface area contributed by atoms with Gasteiger partial charge in [-0.3, -0.25) is 0 Å². The lowest BCUT2D eigenvalue weighted by Gasteiger charge is -2.26. The monoisotopic (exact) mass is 373 g/mol. The van der Waals surface area contributed by atoms with Gasteiger partial charge in [0, 0.05) is 19.5 Å². The first kappa shape index (κ1) is 17.8. The number of hydrogen-bond acceptors (Lipinski definition) is 7. The molecule has 0 spiro atoms. The van der Waals surface area contributed by atoms with Crippen LogP contribution in [-0.2, 0) is 29.0 Å². The van der Waals surface area contributed by atoms with Gasteiger partial charge in [0.15, 0.2) is 0 Å². The fourth-order valence-corrected chi connectivity index (χ4v) is 4.03. The number of carbonyl (C=O) groups excluding carboxylic acids is 2. The van der Waals surface area contributed by atoms with Gasteiger partial charge >= 0.3 is 11.9 Å². The number of benzene rings is 1. The summed E-state index contributed by atoms with van der Waals surface area (Å²) in [5.41, 5.74) is -0.159. The predicted molar refractivity (Wildman–Crippen MR) is 80.8 cm³/mol. The number of esters is 2. The first-order valence-corrected chi connectivity index (χ1v) is 9.08. The second-order valence-corrected chi connectivity index (χ2v) is 7.42. The van der Waals surface area contributed by atoms with Crippen LogP contribution in [0, 0.1) is 5.82 Å². The van der Waals surface area contributed by atoms with E-state index >= 15 is 0 Å². The summed E-state index contributed by atoms with van der Waals surface area (Å²) in [4.78, 5) is 22.9. The third-order valence-corrected chi connectivity index (χ3v) is 5.80. The molecule has 2 aliphatic rings. The average Bonchev–Trinajstić information content (AvgIpc) is 3.00. The fourth-order valence-electron chi connectivity index (χ4n) is 2.54. The highest BCUT2D eigenvalue weighted by molar-refractivity contribution is 7.89. The molecule has 0 aromatic heterocycles. The van der Waals surface area contributed by atoms with E-state index in [1.54, 1.807) is 0 Å². The van der Waals surface area contributed by atoms with Crippen molar-refractivity contribution in [3.63, 3.8) is 0 Å². The molecule has 1 aromatic rings. The van der Waals surface area contributed by atoms with Crippen molar-refractivity contribution in [2.24, 2.45) is 0 Å². The summed E-state index contributed by atoms with van der Waals surface area (Å²) in [6.45, 7) is 0.782. The molecule has 136 valence electrons.